The summed E-state index contributed by atoms with van der Waals surface area (Å²) < 4.78 is 0. The lowest BCUT2D eigenvalue weighted by atomic mass is 10.1. The van der Waals surface area contributed by atoms with E-state index in [2.05, 4.69) is 19.2 Å². The van der Waals surface area contributed by atoms with Crippen LogP contribution in [-0.4, -0.2) is 11.8 Å². The van der Waals surface area contributed by atoms with E-state index in [1.54, 1.807) is 12.1 Å². The van der Waals surface area contributed by atoms with Crippen LogP contribution in [0.2, 0.25) is 0 Å². The van der Waals surface area contributed by atoms with Crippen LogP contribution in [0.15, 0.2) is 47.9 Å². The number of rotatable bonds is 3. The van der Waals surface area contributed by atoms with Gasteiger partial charge in [0.25, 0.3) is 5.91 Å². The molecule has 0 heterocycles. The smallest absolute Gasteiger partial charge is 0.254 e. The minimum atomic E-state index is -0.534. The molecule has 5 heteroatoms. The summed E-state index contributed by atoms with van der Waals surface area (Å²) in [6.07, 6.45) is 2.89. The van der Waals surface area contributed by atoms with Crippen molar-refractivity contribution in [1.82, 2.24) is 0 Å². The molecule has 0 saturated carbocycles. The first kappa shape index (κ1) is 16.0. The van der Waals surface area contributed by atoms with E-state index in [9.17, 15) is 9.59 Å². The lowest BCUT2D eigenvalue weighted by Gasteiger charge is -1.97. The molecule has 0 spiro atoms. The Morgan fingerprint density at radius 2 is 1.83 bits per heavy atom. The van der Waals surface area contributed by atoms with Gasteiger partial charge in [-0.05, 0) is 24.6 Å². The van der Waals surface area contributed by atoms with Crippen LogP contribution in [0, 0.1) is 6.92 Å². The summed E-state index contributed by atoms with van der Waals surface area (Å²) in [5, 5.41) is 0. The molecule has 18 heavy (non-hydrogen) atoms. The number of benzene rings is 1. The van der Waals surface area contributed by atoms with Crippen molar-refractivity contribution in [3.63, 3.8) is 0 Å². The Bertz CT molecular complexity index is 482. The van der Waals surface area contributed by atoms with Gasteiger partial charge in [-0.25, -0.2) is 0 Å². The topological polar surface area (TPSA) is 86.2 Å². The first-order chi connectivity index (χ1) is 8.40. The number of thiol groups is 1. The molecule has 0 radical (unpaired) electrons. The van der Waals surface area contributed by atoms with E-state index in [0.29, 0.717) is 5.56 Å². The molecule has 0 aliphatic heterocycles. The highest BCUT2D eigenvalue weighted by Crippen LogP contribution is 2.04. The molecule has 96 valence electrons. The number of hydrogen-bond acceptors (Lipinski definition) is 3. The minimum Gasteiger partial charge on any atom is -0.366 e. The largest absolute Gasteiger partial charge is 0.366 e. The molecule has 1 aromatic carbocycles. The van der Waals surface area contributed by atoms with Crippen LogP contribution in [0.25, 0.3) is 0 Å². The molecule has 0 bridgehead atoms. The van der Waals surface area contributed by atoms with E-state index in [1.165, 1.54) is 12.2 Å². The van der Waals surface area contributed by atoms with Crippen molar-refractivity contribution in [2.45, 2.75) is 6.92 Å². The minimum absolute atomic E-state index is 0.222. The highest BCUT2D eigenvalue weighted by atomic mass is 32.1. The second-order valence-corrected chi connectivity index (χ2v) is 3.81. The van der Waals surface area contributed by atoms with Gasteiger partial charge in [-0.1, -0.05) is 30.9 Å². The summed E-state index contributed by atoms with van der Waals surface area (Å²) in [6, 6.07) is 7.26. The molecule has 0 unspecified atom stereocenters. The standard InChI is InChI=1S/C8H9NO.C5H7NOS/c1-6-4-2-3-5-7(6)8(9)10;1-2-3-4(8)5(6)7/h2-5H,1H3,(H2,9,10);2-3,8H,1H2,(H2,6,7)/b;4-3-. The number of nitrogens with two attached hydrogens (primary N) is 2. The fourth-order valence-electron chi connectivity index (χ4n) is 1.04. The van der Waals surface area contributed by atoms with Gasteiger partial charge in [0.15, 0.2) is 0 Å². The zero-order valence-corrected chi connectivity index (χ0v) is 11.0. The summed E-state index contributed by atoms with van der Waals surface area (Å²) >= 11 is 3.72. The fourth-order valence-corrected chi connectivity index (χ4v) is 1.15. The summed E-state index contributed by atoms with van der Waals surface area (Å²) in [5.74, 6) is -0.897. The van der Waals surface area contributed by atoms with E-state index in [1.807, 2.05) is 19.1 Å². The summed E-state index contributed by atoms with van der Waals surface area (Å²) in [6.45, 7) is 5.21. The third-order valence-corrected chi connectivity index (χ3v) is 2.31. The van der Waals surface area contributed by atoms with Gasteiger partial charge < -0.3 is 11.5 Å². The van der Waals surface area contributed by atoms with Crippen LogP contribution in [-0.2, 0) is 4.79 Å². The van der Waals surface area contributed by atoms with Gasteiger partial charge >= 0.3 is 0 Å². The molecule has 4 N–H and O–H groups in total. The monoisotopic (exact) mass is 264 g/mol. The Labute approximate surface area is 112 Å². The lowest BCUT2D eigenvalue weighted by Crippen LogP contribution is -2.12. The van der Waals surface area contributed by atoms with Crippen LogP contribution >= 0.6 is 12.6 Å². The van der Waals surface area contributed by atoms with E-state index in [0.717, 1.165) is 5.56 Å². The Hall–Kier alpha value is -2.01. The van der Waals surface area contributed by atoms with Crippen LogP contribution in [0.4, 0.5) is 0 Å². The van der Waals surface area contributed by atoms with Crippen molar-refractivity contribution in [2.75, 3.05) is 0 Å². The van der Waals surface area contributed by atoms with Gasteiger partial charge in [-0.3, -0.25) is 9.59 Å². The molecule has 1 rings (SSSR count). The zero-order chi connectivity index (χ0) is 14.1. The van der Waals surface area contributed by atoms with Crippen LogP contribution in [0.1, 0.15) is 15.9 Å². The second-order valence-electron chi connectivity index (χ2n) is 3.33. The average Bonchev–Trinajstić information content (AvgIpc) is 2.30. The lowest BCUT2D eigenvalue weighted by molar-refractivity contribution is -0.113. The first-order valence-corrected chi connectivity index (χ1v) is 5.51. The number of aryl methyl sites for hydroxylation is 1. The van der Waals surface area contributed by atoms with Gasteiger partial charge in [-0.15, -0.1) is 12.6 Å². The number of amides is 2. The van der Waals surface area contributed by atoms with Crippen molar-refractivity contribution in [2.24, 2.45) is 11.5 Å². The summed E-state index contributed by atoms with van der Waals surface area (Å²) in [5.41, 5.74) is 11.4. The molecule has 0 aliphatic rings. The van der Waals surface area contributed by atoms with Crippen molar-refractivity contribution >= 4 is 24.4 Å². The second kappa shape index (κ2) is 8.14. The van der Waals surface area contributed by atoms with Gasteiger partial charge in [0.1, 0.15) is 0 Å². The van der Waals surface area contributed by atoms with E-state index >= 15 is 0 Å². The van der Waals surface area contributed by atoms with Crippen molar-refractivity contribution in [3.05, 3.63) is 59.0 Å². The molecule has 0 fully saturated rings. The SMILES string of the molecule is C=C/C=C(\S)C(N)=O.Cc1ccccc1C(N)=O. The van der Waals surface area contributed by atoms with Crippen LogP contribution < -0.4 is 11.5 Å². The fraction of sp³-hybridized carbons (Fsp3) is 0.0769. The summed E-state index contributed by atoms with van der Waals surface area (Å²) in [7, 11) is 0. The number of primary amides is 2. The number of allylic oxidation sites excluding steroid dienone is 2. The maximum atomic E-state index is 10.6. The number of carbonyl (C=O) groups excluding carboxylic acids is 2. The Balaban J connectivity index is 0.000000331. The maximum Gasteiger partial charge on any atom is 0.254 e. The van der Waals surface area contributed by atoms with Crippen molar-refractivity contribution in [3.8, 4) is 0 Å². The average molecular weight is 264 g/mol. The number of carbonyl (C=O) groups is 2. The zero-order valence-electron chi connectivity index (χ0n) is 10.1. The predicted octanol–water partition coefficient (Wildman–Crippen LogP) is 1.57. The molecule has 4 nitrogen and oxygen atoms in total. The predicted molar refractivity (Wildman–Crippen MR) is 76.2 cm³/mol. The molecular weight excluding hydrogens is 248 g/mol. The van der Waals surface area contributed by atoms with Gasteiger partial charge in [0, 0.05) is 5.56 Å². The molecule has 0 aliphatic carbocycles. The van der Waals surface area contributed by atoms with E-state index < -0.39 is 5.91 Å². The molecule has 0 saturated heterocycles. The molecule has 1 aromatic rings. The van der Waals surface area contributed by atoms with E-state index in [-0.39, 0.29) is 10.8 Å². The Morgan fingerprint density at radius 3 is 2.11 bits per heavy atom. The summed E-state index contributed by atoms with van der Waals surface area (Å²) in [4.78, 5) is 21.0. The first-order valence-electron chi connectivity index (χ1n) is 5.07. The Kier molecular flexibility index (Phi) is 7.23. The molecule has 2 amide bonds. The van der Waals surface area contributed by atoms with Gasteiger partial charge in [0.05, 0.1) is 4.91 Å². The highest BCUT2D eigenvalue weighted by molar-refractivity contribution is 7.85. The van der Waals surface area contributed by atoms with Crippen LogP contribution in [0.5, 0.6) is 0 Å². The normalized spacial score (nSPS) is 10.0. The van der Waals surface area contributed by atoms with Crippen LogP contribution in [0.3, 0.4) is 0 Å². The highest BCUT2D eigenvalue weighted by Gasteiger charge is 2.00. The van der Waals surface area contributed by atoms with E-state index in [4.69, 9.17) is 11.5 Å². The molecule has 0 atom stereocenters. The van der Waals surface area contributed by atoms with Gasteiger partial charge in [0.2, 0.25) is 5.91 Å². The molecular formula is C13H16N2O2S. The third kappa shape index (κ3) is 5.91. The third-order valence-electron chi connectivity index (χ3n) is 1.94. The maximum absolute atomic E-state index is 10.6. The number of hydrogen-bond donors (Lipinski definition) is 3. The quantitative estimate of drug-likeness (QED) is 0.439. The van der Waals surface area contributed by atoms with Gasteiger partial charge in [-0.2, -0.15) is 0 Å². The Morgan fingerprint density at radius 1 is 1.28 bits per heavy atom. The van der Waals surface area contributed by atoms with Crippen molar-refractivity contribution in [1.29, 1.82) is 0 Å². The molecule has 0 aromatic heterocycles. The van der Waals surface area contributed by atoms with Crippen molar-refractivity contribution < 1.29 is 9.59 Å².